The molecule has 0 saturated carbocycles. The highest BCUT2D eigenvalue weighted by atomic mass is 16.5. The highest BCUT2D eigenvalue weighted by Gasteiger charge is 2.41. The van der Waals surface area contributed by atoms with E-state index in [1.165, 1.54) is 0 Å². The van der Waals surface area contributed by atoms with E-state index in [1.807, 2.05) is 41.3 Å². The van der Waals surface area contributed by atoms with E-state index in [4.69, 9.17) is 4.74 Å². The Morgan fingerprint density at radius 2 is 1.91 bits per heavy atom. The summed E-state index contributed by atoms with van der Waals surface area (Å²) < 4.78 is 5.62. The van der Waals surface area contributed by atoms with Gasteiger partial charge in [0.05, 0.1) is 31.0 Å². The van der Waals surface area contributed by atoms with Gasteiger partial charge in [0.1, 0.15) is 11.6 Å². The molecule has 0 radical (unpaired) electrons. The SMILES string of the molecule is CCCCN1C(=O)CC[C@H](C(=O)Nc2ccc(N3CCN(C)CC3)nc2)[C@@H]1c1ccccc1OC. The number of piperazine rings is 1. The van der Waals surface area contributed by atoms with Crippen molar-refractivity contribution in [3.8, 4) is 5.75 Å². The molecular formula is C27H37N5O3. The number of methoxy groups -OCH3 is 1. The van der Waals surface area contributed by atoms with Crippen LogP contribution in [-0.4, -0.2) is 73.5 Å². The van der Waals surface area contributed by atoms with E-state index in [0.29, 0.717) is 30.8 Å². The summed E-state index contributed by atoms with van der Waals surface area (Å²) in [5.41, 5.74) is 1.55. The van der Waals surface area contributed by atoms with Crippen molar-refractivity contribution in [2.45, 2.75) is 38.6 Å². The Hall–Kier alpha value is -3.13. The molecule has 0 aliphatic carbocycles. The van der Waals surface area contributed by atoms with E-state index < -0.39 is 0 Å². The number of unbranched alkanes of at least 4 members (excludes halogenated alkanes) is 1. The fraction of sp³-hybridized carbons (Fsp3) is 0.519. The summed E-state index contributed by atoms with van der Waals surface area (Å²) in [6.45, 7) is 6.65. The van der Waals surface area contributed by atoms with Gasteiger partial charge >= 0.3 is 0 Å². The molecule has 2 aromatic rings. The molecular weight excluding hydrogens is 442 g/mol. The van der Waals surface area contributed by atoms with Gasteiger partial charge in [0.25, 0.3) is 0 Å². The van der Waals surface area contributed by atoms with Crippen LogP contribution in [0.5, 0.6) is 5.75 Å². The Bertz CT molecular complexity index is 1000. The van der Waals surface area contributed by atoms with Crippen LogP contribution >= 0.6 is 0 Å². The number of nitrogens with one attached hydrogen (secondary N) is 1. The molecule has 1 N–H and O–H groups in total. The number of likely N-dealkylation sites (tertiary alicyclic amines) is 1. The summed E-state index contributed by atoms with van der Waals surface area (Å²) in [7, 11) is 3.76. The summed E-state index contributed by atoms with van der Waals surface area (Å²) in [6, 6.07) is 11.2. The Kier molecular flexibility index (Phi) is 8.23. The molecule has 2 amide bonds. The number of nitrogens with zero attached hydrogens (tertiary/aromatic N) is 4. The topological polar surface area (TPSA) is 78.0 Å². The molecule has 2 saturated heterocycles. The van der Waals surface area contributed by atoms with Gasteiger partial charge in [0, 0.05) is 44.7 Å². The number of carbonyl (C=O) groups is 2. The summed E-state index contributed by atoms with van der Waals surface area (Å²) in [4.78, 5) is 37.6. The zero-order chi connectivity index (χ0) is 24.8. The number of benzene rings is 1. The van der Waals surface area contributed by atoms with Crippen molar-refractivity contribution in [3.05, 3.63) is 48.2 Å². The van der Waals surface area contributed by atoms with Gasteiger partial charge in [-0.2, -0.15) is 0 Å². The normalized spacial score (nSPS) is 21.2. The maximum absolute atomic E-state index is 13.6. The van der Waals surface area contributed by atoms with Gasteiger partial charge < -0.3 is 24.8 Å². The number of ether oxygens (including phenoxy) is 1. The van der Waals surface area contributed by atoms with Gasteiger partial charge in [0.15, 0.2) is 0 Å². The minimum absolute atomic E-state index is 0.0935. The fourth-order valence-corrected chi connectivity index (χ4v) is 5.03. The van der Waals surface area contributed by atoms with E-state index >= 15 is 0 Å². The minimum Gasteiger partial charge on any atom is -0.496 e. The number of aromatic nitrogens is 1. The van der Waals surface area contributed by atoms with Crippen LogP contribution in [0.3, 0.4) is 0 Å². The number of amides is 2. The van der Waals surface area contributed by atoms with Gasteiger partial charge in [-0.15, -0.1) is 0 Å². The molecule has 1 aromatic carbocycles. The van der Waals surface area contributed by atoms with Crippen LogP contribution in [0.25, 0.3) is 0 Å². The number of rotatable bonds is 8. The van der Waals surface area contributed by atoms with E-state index in [1.54, 1.807) is 13.3 Å². The van der Waals surface area contributed by atoms with Gasteiger partial charge in [-0.1, -0.05) is 31.5 Å². The average molecular weight is 480 g/mol. The van der Waals surface area contributed by atoms with Gasteiger partial charge in [-0.05, 0) is 38.1 Å². The maximum atomic E-state index is 13.6. The van der Waals surface area contributed by atoms with E-state index in [-0.39, 0.29) is 23.8 Å². The van der Waals surface area contributed by atoms with Crippen molar-refractivity contribution in [3.63, 3.8) is 0 Å². The van der Waals surface area contributed by atoms with Gasteiger partial charge in [0.2, 0.25) is 11.8 Å². The Morgan fingerprint density at radius 3 is 2.60 bits per heavy atom. The van der Waals surface area contributed by atoms with E-state index in [2.05, 4.69) is 34.1 Å². The lowest BCUT2D eigenvalue weighted by Gasteiger charge is -2.41. The molecule has 3 heterocycles. The fourth-order valence-electron chi connectivity index (χ4n) is 5.03. The first-order valence-corrected chi connectivity index (χ1v) is 12.6. The highest BCUT2D eigenvalue weighted by Crippen LogP contribution is 2.41. The number of carbonyl (C=O) groups excluding carboxylic acids is 2. The molecule has 2 aliphatic rings. The third-order valence-electron chi connectivity index (χ3n) is 7.10. The second-order valence-corrected chi connectivity index (χ2v) is 9.46. The van der Waals surface area contributed by atoms with Crippen LogP contribution in [0.1, 0.15) is 44.2 Å². The lowest BCUT2D eigenvalue weighted by Crippen LogP contribution is -2.47. The molecule has 2 aliphatic heterocycles. The third-order valence-corrected chi connectivity index (χ3v) is 7.10. The third kappa shape index (κ3) is 5.75. The first kappa shape index (κ1) is 25.0. The van der Waals surface area contributed by atoms with Crippen LogP contribution in [-0.2, 0) is 9.59 Å². The van der Waals surface area contributed by atoms with Crippen molar-refractivity contribution >= 4 is 23.3 Å². The molecule has 1 aromatic heterocycles. The number of hydrogen-bond donors (Lipinski definition) is 1. The smallest absolute Gasteiger partial charge is 0.229 e. The summed E-state index contributed by atoms with van der Waals surface area (Å²) in [5, 5.41) is 3.07. The standard InChI is InChI=1S/C27H37N5O3/c1-4-5-14-32-25(33)13-11-22(26(32)21-8-6-7-9-23(21)35-3)27(34)29-20-10-12-24(28-19-20)31-17-15-30(2)16-18-31/h6-10,12,19,22,26H,4-5,11,13-18H2,1-3H3,(H,29,34)/t22-,26-/m0/s1. The monoisotopic (exact) mass is 479 g/mol. The number of pyridine rings is 1. The molecule has 0 unspecified atom stereocenters. The first-order valence-electron chi connectivity index (χ1n) is 12.6. The second kappa shape index (κ2) is 11.5. The summed E-state index contributed by atoms with van der Waals surface area (Å²) >= 11 is 0. The summed E-state index contributed by atoms with van der Waals surface area (Å²) in [6.07, 6.45) is 4.47. The van der Waals surface area contributed by atoms with Gasteiger partial charge in [-0.25, -0.2) is 4.98 Å². The van der Waals surface area contributed by atoms with Gasteiger partial charge in [-0.3, -0.25) is 9.59 Å². The van der Waals surface area contributed by atoms with Crippen LogP contribution in [0.2, 0.25) is 0 Å². The molecule has 2 atom stereocenters. The maximum Gasteiger partial charge on any atom is 0.229 e. The molecule has 2 fully saturated rings. The molecule has 0 bridgehead atoms. The van der Waals surface area contributed by atoms with Crippen LogP contribution < -0.4 is 15.0 Å². The summed E-state index contributed by atoms with van der Waals surface area (Å²) in [5.74, 6) is 1.25. The Balaban J connectivity index is 1.54. The molecule has 35 heavy (non-hydrogen) atoms. The predicted octanol–water partition coefficient (Wildman–Crippen LogP) is 3.56. The van der Waals surface area contributed by atoms with Crippen LogP contribution in [0.15, 0.2) is 42.6 Å². The van der Waals surface area contributed by atoms with E-state index in [0.717, 1.165) is 50.4 Å². The van der Waals surface area contributed by atoms with Crippen molar-refractivity contribution in [1.82, 2.24) is 14.8 Å². The highest BCUT2D eigenvalue weighted by molar-refractivity contribution is 5.94. The lowest BCUT2D eigenvalue weighted by molar-refractivity contribution is -0.142. The van der Waals surface area contributed by atoms with Crippen molar-refractivity contribution in [2.75, 3.05) is 57.1 Å². The molecule has 188 valence electrons. The number of piperidine rings is 1. The Labute approximate surface area is 208 Å². The number of anilines is 2. The zero-order valence-corrected chi connectivity index (χ0v) is 21.1. The lowest BCUT2D eigenvalue weighted by atomic mass is 9.83. The molecule has 0 spiro atoms. The molecule has 8 nitrogen and oxygen atoms in total. The quantitative estimate of drug-likeness (QED) is 0.624. The predicted molar refractivity (Wildman–Crippen MR) is 138 cm³/mol. The van der Waals surface area contributed by atoms with Crippen molar-refractivity contribution < 1.29 is 14.3 Å². The molecule has 4 rings (SSSR count). The number of likely N-dealkylation sites (N-methyl/N-ethyl adjacent to an activating group) is 1. The van der Waals surface area contributed by atoms with Crippen LogP contribution in [0, 0.1) is 5.92 Å². The van der Waals surface area contributed by atoms with Crippen molar-refractivity contribution in [1.29, 1.82) is 0 Å². The van der Waals surface area contributed by atoms with Crippen molar-refractivity contribution in [2.24, 2.45) is 5.92 Å². The second-order valence-electron chi connectivity index (χ2n) is 9.46. The Morgan fingerprint density at radius 1 is 1.14 bits per heavy atom. The van der Waals surface area contributed by atoms with Crippen LogP contribution in [0.4, 0.5) is 11.5 Å². The van der Waals surface area contributed by atoms with E-state index in [9.17, 15) is 9.59 Å². The number of para-hydroxylation sites is 1. The first-order chi connectivity index (χ1) is 17.0. The molecule has 8 heteroatoms. The number of hydrogen-bond acceptors (Lipinski definition) is 6. The minimum atomic E-state index is -0.377. The zero-order valence-electron chi connectivity index (χ0n) is 21.1. The average Bonchev–Trinajstić information content (AvgIpc) is 2.88. The largest absolute Gasteiger partial charge is 0.496 e.